The highest BCUT2D eigenvalue weighted by atomic mass is 35.5. The molecule has 0 bridgehead atoms. The number of hydrogen-bond donors (Lipinski definition) is 1. The monoisotopic (exact) mass is 406 g/mol. The maximum Gasteiger partial charge on any atom is 0.254 e. The SMILES string of the molecule is CC(=O)N[C@H]1C(=O)N(CCCOc2ccc(C)cc2)c2c(Cl)ccc(Cl)c21. The molecule has 1 aliphatic heterocycles. The van der Waals surface area contributed by atoms with Crippen molar-refractivity contribution in [3.05, 3.63) is 57.6 Å². The van der Waals surface area contributed by atoms with Gasteiger partial charge < -0.3 is 15.0 Å². The molecule has 1 heterocycles. The second kappa shape index (κ2) is 8.19. The van der Waals surface area contributed by atoms with Crippen LogP contribution in [0.15, 0.2) is 36.4 Å². The molecule has 27 heavy (non-hydrogen) atoms. The van der Waals surface area contributed by atoms with E-state index in [-0.39, 0.29) is 11.8 Å². The van der Waals surface area contributed by atoms with Gasteiger partial charge in [-0.3, -0.25) is 9.59 Å². The minimum Gasteiger partial charge on any atom is -0.494 e. The fourth-order valence-electron chi connectivity index (χ4n) is 3.10. The van der Waals surface area contributed by atoms with Gasteiger partial charge in [-0.2, -0.15) is 0 Å². The molecule has 0 radical (unpaired) electrons. The van der Waals surface area contributed by atoms with Gasteiger partial charge in [0.25, 0.3) is 5.91 Å². The molecule has 0 aliphatic carbocycles. The predicted octanol–water partition coefficient (Wildman–Crippen LogP) is 4.29. The molecule has 1 atom stereocenters. The summed E-state index contributed by atoms with van der Waals surface area (Å²) in [5.41, 5.74) is 2.27. The van der Waals surface area contributed by atoms with Gasteiger partial charge in [0, 0.05) is 24.1 Å². The Bertz CT molecular complexity index is 868. The Morgan fingerprint density at radius 3 is 2.48 bits per heavy atom. The van der Waals surface area contributed by atoms with Crippen molar-refractivity contribution in [1.82, 2.24) is 5.32 Å². The van der Waals surface area contributed by atoms with Crippen LogP contribution in [0.2, 0.25) is 10.0 Å². The number of fused-ring (bicyclic) bond motifs is 1. The lowest BCUT2D eigenvalue weighted by molar-refractivity contribution is -0.126. The van der Waals surface area contributed by atoms with Gasteiger partial charge in [0.2, 0.25) is 5.91 Å². The van der Waals surface area contributed by atoms with E-state index in [1.54, 1.807) is 17.0 Å². The summed E-state index contributed by atoms with van der Waals surface area (Å²) >= 11 is 12.6. The summed E-state index contributed by atoms with van der Waals surface area (Å²) in [5, 5.41) is 3.49. The second-order valence-electron chi connectivity index (χ2n) is 6.43. The Labute approximate surface area is 168 Å². The van der Waals surface area contributed by atoms with E-state index in [0.29, 0.717) is 40.9 Å². The first kappa shape index (κ1) is 19.5. The van der Waals surface area contributed by atoms with Gasteiger partial charge in [-0.1, -0.05) is 40.9 Å². The van der Waals surface area contributed by atoms with Gasteiger partial charge in [0.1, 0.15) is 11.8 Å². The van der Waals surface area contributed by atoms with Crippen LogP contribution in [0, 0.1) is 6.92 Å². The highest BCUT2D eigenvalue weighted by Crippen LogP contribution is 2.44. The summed E-state index contributed by atoms with van der Waals surface area (Å²) < 4.78 is 5.72. The lowest BCUT2D eigenvalue weighted by Crippen LogP contribution is -2.37. The Morgan fingerprint density at radius 1 is 1.15 bits per heavy atom. The molecular formula is C20H20Cl2N2O3. The van der Waals surface area contributed by atoms with Crippen LogP contribution in [-0.2, 0) is 9.59 Å². The third-order valence-corrected chi connectivity index (χ3v) is 4.98. The van der Waals surface area contributed by atoms with E-state index in [2.05, 4.69) is 5.32 Å². The average molecular weight is 407 g/mol. The van der Waals surface area contributed by atoms with Crippen LogP contribution in [0.1, 0.15) is 30.5 Å². The van der Waals surface area contributed by atoms with Crippen LogP contribution in [0.5, 0.6) is 5.75 Å². The van der Waals surface area contributed by atoms with Gasteiger partial charge >= 0.3 is 0 Å². The Morgan fingerprint density at radius 2 is 1.81 bits per heavy atom. The zero-order chi connectivity index (χ0) is 19.6. The van der Waals surface area contributed by atoms with E-state index in [1.165, 1.54) is 6.92 Å². The fraction of sp³-hybridized carbons (Fsp3) is 0.300. The van der Waals surface area contributed by atoms with Gasteiger partial charge in [-0.05, 0) is 37.6 Å². The van der Waals surface area contributed by atoms with Crippen molar-refractivity contribution in [2.75, 3.05) is 18.1 Å². The number of ether oxygens (including phenoxy) is 1. The number of amides is 2. The molecule has 7 heteroatoms. The maximum atomic E-state index is 12.9. The number of carbonyl (C=O) groups excluding carboxylic acids is 2. The summed E-state index contributed by atoms with van der Waals surface area (Å²) in [6.45, 7) is 4.24. The van der Waals surface area contributed by atoms with E-state index in [0.717, 1.165) is 11.3 Å². The highest BCUT2D eigenvalue weighted by Gasteiger charge is 2.40. The first-order valence-electron chi connectivity index (χ1n) is 8.64. The maximum absolute atomic E-state index is 12.9. The van der Waals surface area contributed by atoms with Crippen molar-refractivity contribution in [3.63, 3.8) is 0 Å². The molecule has 0 fully saturated rings. The standard InChI is InChI=1S/C20H20Cl2N2O3/c1-12-4-6-14(7-5-12)27-11-3-10-24-19-16(22)9-8-15(21)17(19)18(20(24)26)23-13(2)25/h4-9,18H,3,10-11H2,1-2H3,(H,23,25)/t18-/m1/s1. The molecule has 0 spiro atoms. The number of rotatable bonds is 6. The molecule has 2 aromatic rings. The first-order valence-corrected chi connectivity index (χ1v) is 9.40. The fourth-order valence-corrected chi connectivity index (χ4v) is 3.63. The molecule has 2 aromatic carbocycles. The average Bonchev–Trinajstić information content (AvgIpc) is 2.90. The van der Waals surface area contributed by atoms with E-state index < -0.39 is 6.04 Å². The zero-order valence-corrected chi connectivity index (χ0v) is 16.6. The molecule has 142 valence electrons. The summed E-state index contributed by atoms with van der Waals surface area (Å²) in [6.07, 6.45) is 0.606. The summed E-state index contributed by atoms with van der Waals surface area (Å²) in [6, 6.07) is 10.3. The largest absolute Gasteiger partial charge is 0.494 e. The topological polar surface area (TPSA) is 58.6 Å². The third-order valence-electron chi connectivity index (χ3n) is 4.35. The van der Waals surface area contributed by atoms with Crippen molar-refractivity contribution in [2.45, 2.75) is 26.3 Å². The van der Waals surface area contributed by atoms with Crippen molar-refractivity contribution in [1.29, 1.82) is 0 Å². The molecule has 0 saturated heterocycles. The van der Waals surface area contributed by atoms with E-state index in [9.17, 15) is 9.59 Å². The van der Waals surface area contributed by atoms with Crippen LogP contribution in [-0.4, -0.2) is 25.0 Å². The van der Waals surface area contributed by atoms with Crippen molar-refractivity contribution in [2.24, 2.45) is 0 Å². The normalized spacial score (nSPS) is 15.6. The number of nitrogens with zero attached hydrogens (tertiary/aromatic N) is 1. The summed E-state index contributed by atoms with van der Waals surface area (Å²) in [5.74, 6) is 0.233. The number of nitrogens with one attached hydrogen (secondary N) is 1. The predicted molar refractivity (Wildman–Crippen MR) is 107 cm³/mol. The van der Waals surface area contributed by atoms with Crippen LogP contribution >= 0.6 is 23.2 Å². The Kier molecular flexibility index (Phi) is 5.92. The molecule has 0 unspecified atom stereocenters. The van der Waals surface area contributed by atoms with Crippen molar-refractivity contribution in [3.8, 4) is 5.75 Å². The third kappa shape index (κ3) is 4.20. The summed E-state index contributed by atoms with van der Waals surface area (Å²) in [4.78, 5) is 26.0. The lowest BCUT2D eigenvalue weighted by Gasteiger charge is -2.19. The van der Waals surface area contributed by atoms with E-state index in [4.69, 9.17) is 27.9 Å². The Balaban J connectivity index is 1.72. The number of benzene rings is 2. The number of hydrogen-bond acceptors (Lipinski definition) is 3. The van der Waals surface area contributed by atoms with Gasteiger partial charge in [-0.15, -0.1) is 0 Å². The number of aryl methyl sites for hydroxylation is 1. The number of halogens is 2. The molecule has 5 nitrogen and oxygen atoms in total. The van der Waals surface area contributed by atoms with Gasteiger partial charge in [0.05, 0.1) is 17.3 Å². The minimum atomic E-state index is -0.818. The van der Waals surface area contributed by atoms with Crippen molar-refractivity contribution >= 4 is 40.7 Å². The molecule has 3 rings (SSSR count). The number of anilines is 1. The van der Waals surface area contributed by atoms with Crippen LogP contribution < -0.4 is 15.0 Å². The smallest absolute Gasteiger partial charge is 0.254 e. The quantitative estimate of drug-likeness (QED) is 0.727. The Hall–Kier alpha value is -2.24. The number of carbonyl (C=O) groups is 2. The zero-order valence-electron chi connectivity index (χ0n) is 15.1. The van der Waals surface area contributed by atoms with Crippen LogP contribution in [0.3, 0.4) is 0 Å². The molecule has 0 aromatic heterocycles. The molecular weight excluding hydrogens is 387 g/mol. The molecule has 1 N–H and O–H groups in total. The second-order valence-corrected chi connectivity index (χ2v) is 7.24. The van der Waals surface area contributed by atoms with Gasteiger partial charge in [-0.25, -0.2) is 0 Å². The molecule has 2 amide bonds. The lowest BCUT2D eigenvalue weighted by atomic mass is 10.1. The van der Waals surface area contributed by atoms with E-state index >= 15 is 0 Å². The first-order chi connectivity index (χ1) is 12.9. The minimum absolute atomic E-state index is 0.245. The molecule has 1 aliphatic rings. The van der Waals surface area contributed by atoms with E-state index in [1.807, 2.05) is 31.2 Å². The molecule has 0 saturated carbocycles. The van der Waals surface area contributed by atoms with Crippen molar-refractivity contribution < 1.29 is 14.3 Å². The summed E-state index contributed by atoms with van der Waals surface area (Å²) in [7, 11) is 0. The van der Waals surface area contributed by atoms with Crippen LogP contribution in [0.4, 0.5) is 5.69 Å². The van der Waals surface area contributed by atoms with Gasteiger partial charge in [0.15, 0.2) is 0 Å². The highest BCUT2D eigenvalue weighted by molar-refractivity contribution is 6.38. The van der Waals surface area contributed by atoms with Crippen LogP contribution in [0.25, 0.3) is 0 Å².